The zero-order valence-electron chi connectivity index (χ0n) is 23.2. The minimum absolute atomic E-state index is 0.0620. The van der Waals surface area contributed by atoms with Gasteiger partial charge in [-0.25, -0.2) is 10.4 Å². The second-order valence-electron chi connectivity index (χ2n) is 10.2. The topological polar surface area (TPSA) is 85.6 Å². The van der Waals surface area contributed by atoms with Crippen molar-refractivity contribution in [3.05, 3.63) is 116 Å². The summed E-state index contributed by atoms with van der Waals surface area (Å²) in [7, 11) is 0. The molecule has 0 aliphatic heterocycles. The van der Waals surface area contributed by atoms with E-state index in [1.165, 1.54) is 16.6 Å². The number of aromatic nitrogens is 2. The first-order chi connectivity index (χ1) is 20.5. The first kappa shape index (κ1) is 27.9. The van der Waals surface area contributed by atoms with Crippen molar-refractivity contribution in [1.29, 1.82) is 0 Å². The van der Waals surface area contributed by atoms with E-state index in [1.807, 2.05) is 85.8 Å². The van der Waals surface area contributed by atoms with Crippen molar-refractivity contribution in [3.8, 4) is 11.4 Å². The molecule has 1 aliphatic rings. The van der Waals surface area contributed by atoms with Gasteiger partial charge in [-0.1, -0.05) is 71.9 Å². The van der Waals surface area contributed by atoms with E-state index in [2.05, 4.69) is 10.5 Å². The molecular weight excluding hydrogens is 565 g/mol. The van der Waals surface area contributed by atoms with Crippen molar-refractivity contribution in [1.82, 2.24) is 15.0 Å². The average Bonchev–Trinajstić information content (AvgIpc) is 3.39. The van der Waals surface area contributed by atoms with Crippen LogP contribution in [-0.4, -0.2) is 27.4 Å². The van der Waals surface area contributed by atoms with Crippen LogP contribution in [0.5, 0.6) is 5.75 Å². The number of benzene rings is 3. The van der Waals surface area contributed by atoms with Gasteiger partial charge in [0.05, 0.1) is 23.0 Å². The van der Waals surface area contributed by atoms with Crippen LogP contribution in [0.15, 0.2) is 93.9 Å². The number of amides is 1. The van der Waals surface area contributed by atoms with Gasteiger partial charge in [-0.15, -0.1) is 11.3 Å². The molecule has 42 heavy (non-hydrogen) atoms. The summed E-state index contributed by atoms with van der Waals surface area (Å²) in [6.45, 7) is 2.48. The number of nitrogens with zero attached hydrogens (tertiary/aromatic N) is 3. The minimum Gasteiger partial charge on any atom is -0.489 e. The summed E-state index contributed by atoms with van der Waals surface area (Å²) >= 11 is 2.85. The van der Waals surface area contributed by atoms with Gasteiger partial charge < -0.3 is 4.74 Å². The fourth-order valence-corrected chi connectivity index (χ4v) is 7.08. The standard InChI is InChI=1S/C33H30N4O3S2/c1-22-14-16-25(17-15-22)37-32(39)30-27-12-5-6-13-28(27)42-31(30)35-33(37)41-21-29(38)36-34-19-24-10-7-11-26(18-24)40-20-23-8-3-2-4-9-23/h2-4,7-11,14-19H,5-6,12-13,20-21H2,1H3,(H,36,38). The lowest BCUT2D eigenvalue weighted by Crippen LogP contribution is -2.24. The lowest BCUT2D eigenvalue weighted by atomic mass is 9.97. The maximum Gasteiger partial charge on any atom is 0.267 e. The Bertz CT molecular complexity index is 1810. The number of nitrogens with one attached hydrogen (secondary N) is 1. The number of aryl methyl sites for hydroxylation is 3. The molecule has 7 nitrogen and oxygen atoms in total. The molecule has 0 bridgehead atoms. The Morgan fingerprint density at radius 3 is 2.71 bits per heavy atom. The van der Waals surface area contributed by atoms with E-state index in [0.717, 1.165) is 69.6 Å². The molecule has 5 aromatic rings. The number of thiophene rings is 1. The number of fused-ring (bicyclic) bond motifs is 3. The normalized spacial score (nSPS) is 12.9. The number of carbonyl (C=O) groups is 1. The molecule has 0 fully saturated rings. The number of hydrogen-bond acceptors (Lipinski definition) is 7. The monoisotopic (exact) mass is 594 g/mol. The molecule has 0 radical (unpaired) electrons. The van der Waals surface area contributed by atoms with E-state index in [4.69, 9.17) is 9.72 Å². The van der Waals surface area contributed by atoms with Crippen molar-refractivity contribution < 1.29 is 9.53 Å². The van der Waals surface area contributed by atoms with Gasteiger partial charge in [0.15, 0.2) is 5.16 Å². The lowest BCUT2D eigenvalue weighted by molar-refractivity contribution is -0.118. The summed E-state index contributed by atoms with van der Waals surface area (Å²) in [6.07, 6.45) is 5.71. The van der Waals surface area contributed by atoms with Gasteiger partial charge in [-0.05, 0) is 73.6 Å². The summed E-state index contributed by atoms with van der Waals surface area (Å²) in [4.78, 5) is 33.5. The van der Waals surface area contributed by atoms with Crippen LogP contribution >= 0.6 is 23.1 Å². The number of hydrogen-bond donors (Lipinski definition) is 1. The van der Waals surface area contributed by atoms with Gasteiger partial charge in [-0.3, -0.25) is 14.2 Å². The number of ether oxygens (including phenoxy) is 1. The molecule has 212 valence electrons. The summed E-state index contributed by atoms with van der Waals surface area (Å²) in [5.74, 6) is 0.491. The van der Waals surface area contributed by atoms with Crippen molar-refractivity contribution in [2.75, 3.05) is 5.75 Å². The minimum atomic E-state index is -0.289. The molecule has 1 aliphatic carbocycles. The molecule has 9 heteroatoms. The molecule has 0 spiro atoms. The van der Waals surface area contributed by atoms with Crippen LogP contribution in [0.25, 0.3) is 15.9 Å². The maximum absolute atomic E-state index is 13.9. The third-order valence-electron chi connectivity index (χ3n) is 7.09. The SMILES string of the molecule is Cc1ccc(-n2c(SCC(=O)NN=Cc3cccc(OCc4ccccc4)c3)nc3sc4c(c3c2=O)CCCC4)cc1. The fraction of sp³-hybridized carbons (Fsp3) is 0.212. The van der Waals surface area contributed by atoms with Crippen molar-refractivity contribution >= 4 is 45.4 Å². The molecule has 0 atom stereocenters. The fourth-order valence-electron chi connectivity index (χ4n) is 4.97. The number of rotatable bonds is 9. The summed E-state index contributed by atoms with van der Waals surface area (Å²) in [5, 5.41) is 5.36. The third-order valence-corrected chi connectivity index (χ3v) is 9.22. The summed E-state index contributed by atoms with van der Waals surface area (Å²) in [5.41, 5.74) is 7.41. The highest BCUT2D eigenvalue weighted by Gasteiger charge is 2.23. The smallest absolute Gasteiger partial charge is 0.267 e. The quantitative estimate of drug-likeness (QED) is 0.0917. The Morgan fingerprint density at radius 1 is 1.07 bits per heavy atom. The Kier molecular flexibility index (Phi) is 8.48. The van der Waals surface area contributed by atoms with Crippen LogP contribution in [0.1, 0.15) is 40.0 Å². The number of hydrazone groups is 1. The second kappa shape index (κ2) is 12.8. The highest BCUT2D eigenvalue weighted by Crippen LogP contribution is 2.35. The van der Waals surface area contributed by atoms with Gasteiger partial charge in [0.2, 0.25) is 0 Å². The Balaban J connectivity index is 1.16. The van der Waals surface area contributed by atoms with E-state index in [-0.39, 0.29) is 17.2 Å². The van der Waals surface area contributed by atoms with Gasteiger partial charge in [-0.2, -0.15) is 5.10 Å². The maximum atomic E-state index is 13.9. The average molecular weight is 595 g/mol. The third kappa shape index (κ3) is 6.32. The van der Waals surface area contributed by atoms with E-state index in [9.17, 15) is 9.59 Å². The van der Waals surface area contributed by atoms with Crippen LogP contribution in [0.4, 0.5) is 0 Å². The van der Waals surface area contributed by atoms with E-state index < -0.39 is 0 Å². The number of thioether (sulfide) groups is 1. The Morgan fingerprint density at radius 2 is 1.88 bits per heavy atom. The largest absolute Gasteiger partial charge is 0.489 e. The molecule has 3 aromatic carbocycles. The van der Waals surface area contributed by atoms with Crippen molar-refractivity contribution in [3.63, 3.8) is 0 Å². The summed E-state index contributed by atoms with van der Waals surface area (Å²) in [6, 6.07) is 25.3. The zero-order valence-corrected chi connectivity index (χ0v) is 24.8. The van der Waals surface area contributed by atoms with E-state index >= 15 is 0 Å². The highest BCUT2D eigenvalue weighted by atomic mass is 32.2. The summed E-state index contributed by atoms with van der Waals surface area (Å²) < 4.78 is 7.53. The second-order valence-corrected chi connectivity index (χ2v) is 12.2. The van der Waals surface area contributed by atoms with Gasteiger partial charge in [0.25, 0.3) is 11.5 Å². The van der Waals surface area contributed by atoms with Gasteiger partial charge >= 0.3 is 0 Å². The van der Waals surface area contributed by atoms with Gasteiger partial charge in [0, 0.05) is 4.88 Å². The van der Waals surface area contributed by atoms with Crippen molar-refractivity contribution in [2.24, 2.45) is 5.10 Å². The predicted molar refractivity (Wildman–Crippen MR) is 170 cm³/mol. The molecule has 0 saturated heterocycles. The molecule has 0 saturated carbocycles. The molecule has 2 aromatic heterocycles. The van der Waals surface area contributed by atoms with Crippen LogP contribution < -0.4 is 15.7 Å². The molecule has 2 heterocycles. The Hall–Kier alpha value is -4.21. The first-order valence-electron chi connectivity index (χ1n) is 13.9. The molecular formula is C33H30N4O3S2. The molecule has 1 N–H and O–H groups in total. The zero-order chi connectivity index (χ0) is 28.9. The van der Waals surface area contributed by atoms with E-state index in [1.54, 1.807) is 22.1 Å². The molecule has 0 unspecified atom stereocenters. The molecule has 1 amide bonds. The van der Waals surface area contributed by atoms with Crippen LogP contribution in [0.2, 0.25) is 0 Å². The van der Waals surface area contributed by atoms with Gasteiger partial charge in [0.1, 0.15) is 17.2 Å². The molecule has 6 rings (SSSR count). The van der Waals surface area contributed by atoms with Crippen molar-refractivity contribution in [2.45, 2.75) is 44.4 Å². The van der Waals surface area contributed by atoms with Crippen LogP contribution in [-0.2, 0) is 24.2 Å². The predicted octanol–water partition coefficient (Wildman–Crippen LogP) is 6.46. The lowest BCUT2D eigenvalue weighted by Gasteiger charge is -2.13. The highest BCUT2D eigenvalue weighted by molar-refractivity contribution is 7.99. The van der Waals surface area contributed by atoms with E-state index in [0.29, 0.717) is 11.8 Å². The number of carbonyl (C=O) groups excluding carboxylic acids is 1. The Labute approximate surface area is 252 Å². The van der Waals surface area contributed by atoms with Crippen LogP contribution in [0.3, 0.4) is 0 Å². The first-order valence-corrected chi connectivity index (χ1v) is 15.7. The van der Waals surface area contributed by atoms with Crippen LogP contribution in [0, 0.1) is 6.92 Å².